The van der Waals surface area contributed by atoms with Gasteiger partial charge in [0.1, 0.15) is 0 Å². The predicted octanol–water partition coefficient (Wildman–Crippen LogP) is 2.51. The minimum atomic E-state index is 0.383. The summed E-state index contributed by atoms with van der Waals surface area (Å²) in [5.41, 5.74) is 6.25. The van der Waals surface area contributed by atoms with E-state index in [1.54, 1.807) is 0 Å². The number of nitrogens with two attached hydrogens (primary N) is 1. The fourth-order valence-corrected chi connectivity index (χ4v) is 4.22. The Balaban J connectivity index is 1.65. The van der Waals surface area contributed by atoms with Crippen LogP contribution in [-0.2, 0) is 0 Å². The van der Waals surface area contributed by atoms with Gasteiger partial charge in [0.25, 0.3) is 0 Å². The molecule has 3 fully saturated rings. The van der Waals surface area contributed by atoms with Crippen molar-refractivity contribution < 1.29 is 0 Å². The first-order chi connectivity index (χ1) is 8.84. The number of hydrogen-bond donors (Lipinski definition) is 1. The van der Waals surface area contributed by atoms with Crippen LogP contribution in [0.15, 0.2) is 0 Å². The molecule has 0 aromatic heterocycles. The Bertz CT molecular complexity index is 230. The number of hydrogen-bond acceptors (Lipinski definition) is 3. The maximum absolute atomic E-state index is 6.25. The monoisotopic (exact) mass is 251 g/mol. The molecule has 2 saturated carbocycles. The van der Waals surface area contributed by atoms with Crippen molar-refractivity contribution in [3.05, 3.63) is 0 Å². The third kappa shape index (κ3) is 2.73. The molecule has 1 aliphatic heterocycles. The Morgan fingerprint density at radius 3 is 1.39 bits per heavy atom. The molecule has 3 nitrogen and oxygen atoms in total. The van der Waals surface area contributed by atoms with Gasteiger partial charge in [-0.2, -0.15) is 0 Å². The van der Waals surface area contributed by atoms with Crippen molar-refractivity contribution in [3.63, 3.8) is 0 Å². The van der Waals surface area contributed by atoms with Gasteiger partial charge in [-0.05, 0) is 25.7 Å². The highest BCUT2D eigenvalue weighted by Gasteiger charge is 2.37. The van der Waals surface area contributed by atoms with Crippen molar-refractivity contribution in [2.75, 3.05) is 13.1 Å². The molecule has 3 heteroatoms. The first kappa shape index (κ1) is 12.9. The normalized spacial score (nSPS) is 31.2. The molecule has 1 saturated heterocycles. The lowest BCUT2D eigenvalue weighted by Crippen LogP contribution is -2.50. The van der Waals surface area contributed by atoms with Crippen LogP contribution in [0.5, 0.6) is 0 Å². The third-order valence-electron chi connectivity index (χ3n) is 5.17. The van der Waals surface area contributed by atoms with Gasteiger partial charge in [-0.1, -0.05) is 38.5 Å². The minimum absolute atomic E-state index is 0.383. The van der Waals surface area contributed by atoms with E-state index in [0.29, 0.717) is 6.04 Å². The van der Waals surface area contributed by atoms with Crippen LogP contribution in [0.2, 0.25) is 0 Å². The molecule has 18 heavy (non-hydrogen) atoms. The summed E-state index contributed by atoms with van der Waals surface area (Å²) in [4.78, 5) is 0. The average molecular weight is 251 g/mol. The van der Waals surface area contributed by atoms with Crippen LogP contribution < -0.4 is 5.73 Å². The molecule has 0 amide bonds. The maximum Gasteiger partial charge on any atom is 0.0326 e. The lowest BCUT2D eigenvalue weighted by molar-refractivity contribution is -0.0676. The zero-order valence-electron chi connectivity index (χ0n) is 11.7. The highest BCUT2D eigenvalue weighted by atomic mass is 15.7. The molecular weight excluding hydrogens is 222 g/mol. The summed E-state index contributed by atoms with van der Waals surface area (Å²) in [5.74, 6) is 0. The van der Waals surface area contributed by atoms with Crippen molar-refractivity contribution in [1.82, 2.24) is 10.0 Å². The van der Waals surface area contributed by atoms with Crippen molar-refractivity contribution >= 4 is 0 Å². The smallest absolute Gasteiger partial charge is 0.0326 e. The first-order valence-corrected chi connectivity index (χ1v) is 8.13. The first-order valence-electron chi connectivity index (χ1n) is 8.13. The van der Waals surface area contributed by atoms with Crippen LogP contribution in [0.25, 0.3) is 0 Å². The van der Waals surface area contributed by atoms with Gasteiger partial charge in [-0.15, -0.1) is 0 Å². The van der Waals surface area contributed by atoms with Crippen molar-refractivity contribution in [3.8, 4) is 0 Å². The lowest BCUT2D eigenvalue weighted by atomic mass is 9.93. The fraction of sp³-hybridized carbons (Fsp3) is 1.00. The number of rotatable bonds is 2. The van der Waals surface area contributed by atoms with E-state index in [2.05, 4.69) is 10.0 Å². The fourth-order valence-electron chi connectivity index (χ4n) is 4.22. The van der Waals surface area contributed by atoms with E-state index in [1.165, 1.54) is 64.2 Å². The van der Waals surface area contributed by atoms with Gasteiger partial charge in [0, 0.05) is 31.2 Å². The maximum atomic E-state index is 6.25. The molecule has 2 N–H and O–H groups in total. The molecule has 3 aliphatic rings. The molecule has 0 radical (unpaired) electrons. The Kier molecular flexibility index (Phi) is 4.22. The average Bonchev–Trinajstić information content (AvgIpc) is 2.83. The van der Waals surface area contributed by atoms with E-state index in [4.69, 9.17) is 5.73 Å². The van der Waals surface area contributed by atoms with Crippen molar-refractivity contribution in [1.29, 1.82) is 0 Å². The van der Waals surface area contributed by atoms with Gasteiger partial charge in [-0.3, -0.25) is 0 Å². The van der Waals surface area contributed by atoms with E-state index >= 15 is 0 Å². The number of nitrogens with zero attached hydrogens (tertiary/aromatic N) is 2. The molecule has 0 aromatic rings. The third-order valence-corrected chi connectivity index (χ3v) is 5.17. The Morgan fingerprint density at radius 1 is 0.611 bits per heavy atom. The Morgan fingerprint density at radius 2 is 1.00 bits per heavy atom. The molecule has 0 unspecified atom stereocenters. The summed E-state index contributed by atoms with van der Waals surface area (Å²) >= 11 is 0. The molecule has 0 bridgehead atoms. The summed E-state index contributed by atoms with van der Waals surface area (Å²) < 4.78 is 0. The molecule has 0 spiro atoms. The van der Waals surface area contributed by atoms with Gasteiger partial charge in [0.15, 0.2) is 0 Å². The van der Waals surface area contributed by atoms with Gasteiger partial charge in [-0.25, -0.2) is 10.0 Å². The molecule has 0 aromatic carbocycles. The molecule has 0 atom stereocenters. The second kappa shape index (κ2) is 5.89. The topological polar surface area (TPSA) is 32.5 Å². The van der Waals surface area contributed by atoms with E-state index in [9.17, 15) is 0 Å². The lowest BCUT2D eigenvalue weighted by Gasteiger charge is -2.42. The molecule has 2 aliphatic carbocycles. The van der Waals surface area contributed by atoms with Crippen molar-refractivity contribution in [2.45, 2.75) is 82.3 Å². The summed E-state index contributed by atoms with van der Waals surface area (Å²) in [6.07, 6.45) is 14.2. The van der Waals surface area contributed by atoms with Gasteiger partial charge in [0.05, 0.1) is 0 Å². The Labute approximate surface area is 112 Å². The van der Waals surface area contributed by atoms with Gasteiger partial charge < -0.3 is 5.73 Å². The zero-order valence-corrected chi connectivity index (χ0v) is 11.7. The van der Waals surface area contributed by atoms with E-state index < -0.39 is 0 Å². The highest BCUT2D eigenvalue weighted by molar-refractivity contribution is 4.89. The van der Waals surface area contributed by atoms with Crippen LogP contribution >= 0.6 is 0 Å². The second-order valence-electron chi connectivity index (χ2n) is 6.59. The minimum Gasteiger partial charge on any atom is -0.325 e. The summed E-state index contributed by atoms with van der Waals surface area (Å²) in [7, 11) is 0. The largest absolute Gasteiger partial charge is 0.325 e. The van der Waals surface area contributed by atoms with E-state index in [1.807, 2.05) is 0 Å². The number of hydrazine groups is 1. The SMILES string of the molecule is NC1CN(C2CCCCC2)N(C2CCCCC2)C1. The van der Waals surface area contributed by atoms with Crippen LogP contribution in [0.4, 0.5) is 0 Å². The van der Waals surface area contributed by atoms with Crippen LogP contribution in [-0.4, -0.2) is 41.2 Å². The quantitative estimate of drug-likeness (QED) is 0.818. The van der Waals surface area contributed by atoms with E-state index in [0.717, 1.165) is 25.2 Å². The summed E-state index contributed by atoms with van der Waals surface area (Å²) in [6, 6.07) is 1.98. The summed E-state index contributed by atoms with van der Waals surface area (Å²) in [5, 5.41) is 5.36. The summed E-state index contributed by atoms with van der Waals surface area (Å²) in [6.45, 7) is 2.22. The highest BCUT2D eigenvalue weighted by Crippen LogP contribution is 2.31. The predicted molar refractivity (Wildman–Crippen MR) is 75.1 cm³/mol. The van der Waals surface area contributed by atoms with Crippen molar-refractivity contribution in [2.24, 2.45) is 5.73 Å². The molecule has 104 valence electrons. The van der Waals surface area contributed by atoms with E-state index in [-0.39, 0.29) is 0 Å². The second-order valence-corrected chi connectivity index (χ2v) is 6.59. The Hall–Kier alpha value is -0.120. The molecule has 3 rings (SSSR count). The molecular formula is C15H29N3. The van der Waals surface area contributed by atoms with Crippen LogP contribution in [0.1, 0.15) is 64.2 Å². The molecule has 1 heterocycles. The van der Waals surface area contributed by atoms with Crippen LogP contribution in [0, 0.1) is 0 Å². The zero-order chi connectivity index (χ0) is 12.4. The van der Waals surface area contributed by atoms with Crippen LogP contribution in [0.3, 0.4) is 0 Å². The standard InChI is InChI=1S/C15H29N3/c16-13-11-17(14-7-3-1-4-8-14)18(12-13)15-9-5-2-6-10-15/h13-15H,1-12,16H2. The van der Waals surface area contributed by atoms with Gasteiger partial charge >= 0.3 is 0 Å². The van der Waals surface area contributed by atoms with Gasteiger partial charge in [0.2, 0.25) is 0 Å².